The van der Waals surface area contributed by atoms with E-state index in [1.54, 1.807) is 23.3 Å². The van der Waals surface area contributed by atoms with Crippen LogP contribution >= 0.6 is 0 Å². The van der Waals surface area contributed by atoms with E-state index in [4.69, 9.17) is 0 Å². The summed E-state index contributed by atoms with van der Waals surface area (Å²) in [6.07, 6.45) is 7.95. The smallest absolute Gasteiger partial charge is 0.211 e. The standard InChI is InChI=1S/C13H17N5O2S/c1-10-8-12(17-7-5-14-9-17)16-13(15-10)11-4-3-6-18(11)21(2,19)20/h5,7-9,11H,3-4,6H2,1-2H3/t11-/m1/s1. The van der Waals surface area contributed by atoms with Gasteiger partial charge in [0.05, 0.1) is 12.3 Å². The number of sulfonamides is 1. The molecule has 21 heavy (non-hydrogen) atoms. The molecule has 0 amide bonds. The number of hydrogen-bond donors (Lipinski definition) is 0. The van der Waals surface area contributed by atoms with E-state index >= 15 is 0 Å². The predicted octanol–water partition coefficient (Wildman–Crippen LogP) is 1.07. The summed E-state index contributed by atoms with van der Waals surface area (Å²) in [6, 6.07) is 1.58. The van der Waals surface area contributed by atoms with Crippen LogP contribution in [0, 0.1) is 6.92 Å². The molecule has 1 fully saturated rings. The predicted molar refractivity (Wildman–Crippen MR) is 77.4 cm³/mol. The quantitative estimate of drug-likeness (QED) is 0.847. The van der Waals surface area contributed by atoms with Crippen molar-refractivity contribution in [3.8, 4) is 5.82 Å². The maximum absolute atomic E-state index is 11.9. The second-order valence-corrected chi connectivity index (χ2v) is 7.16. The molecule has 1 saturated heterocycles. The fourth-order valence-corrected chi connectivity index (χ4v) is 3.77. The summed E-state index contributed by atoms with van der Waals surface area (Å²) in [4.78, 5) is 13.0. The van der Waals surface area contributed by atoms with Gasteiger partial charge in [0.1, 0.15) is 18.0 Å². The molecule has 3 heterocycles. The zero-order valence-corrected chi connectivity index (χ0v) is 12.8. The maximum atomic E-state index is 11.9. The molecule has 0 saturated carbocycles. The summed E-state index contributed by atoms with van der Waals surface area (Å²) in [6.45, 7) is 2.41. The van der Waals surface area contributed by atoms with Gasteiger partial charge in [-0.2, -0.15) is 4.31 Å². The van der Waals surface area contributed by atoms with Crippen molar-refractivity contribution in [1.29, 1.82) is 0 Å². The zero-order chi connectivity index (χ0) is 15.0. The molecule has 1 aliphatic rings. The van der Waals surface area contributed by atoms with Crippen LogP contribution in [0.5, 0.6) is 0 Å². The van der Waals surface area contributed by atoms with E-state index in [0.29, 0.717) is 18.2 Å². The average molecular weight is 307 g/mol. The molecule has 2 aromatic heterocycles. The highest BCUT2D eigenvalue weighted by Crippen LogP contribution is 2.32. The van der Waals surface area contributed by atoms with E-state index < -0.39 is 10.0 Å². The summed E-state index contributed by atoms with van der Waals surface area (Å²) in [5.74, 6) is 1.26. The van der Waals surface area contributed by atoms with Gasteiger partial charge >= 0.3 is 0 Å². The number of aromatic nitrogens is 4. The minimum Gasteiger partial charge on any atom is -0.290 e. The third kappa shape index (κ3) is 2.81. The lowest BCUT2D eigenvalue weighted by atomic mass is 10.2. The van der Waals surface area contributed by atoms with Crippen LogP contribution in [0.2, 0.25) is 0 Å². The van der Waals surface area contributed by atoms with Crippen LogP contribution in [-0.4, -0.2) is 45.0 Å². The van der Waals surface area contributed by atoms with E-state index in [-0.39, 0.29) is 6.04 Å². The topological polar surface area (TPSA) is 81.0 Å². The monoisotopic (exact) mass is 307 g/mol. The van der Waals surface area contributed by atoms with Crippen molar-refractivity contribution in [3.63, 3.8) is 0 Å². The van der Waals surface area contributed by atoms with E-state index in [1.165, 1.54) is 10.6 Å². The lowest BCUT2D eigenvalue weighted by Crippen LogP contribution is -2.30. The number of nitrogens with zero attached hydrogens (tertiary/aromatic N) is 5. The van der Waals surface area contributed by atoms with Crippen molar-refractivity contribution in [2.45, 2.75) is 25.8 Å². The Kier molecular flexibility index (Phi) is 3.50. The number of rotatable bonds is 3. The molecule has 0 aliphatic carbocycles. The SMILES string of the molecule is Cc1cc(-n2ccnc2)nc([C@H]2CCCN2S(C)(=O)=O)n1. The van der Waals surface area contributed by atoms with Gasteiger partial charge in [-0.1, -0.05) is 0 Å². The van der Waals surface area contributed by atoms with Gasteiger partial charge in [0.25, 0.3) is 0 Å². The highest BCUT2D eigenvalue weighted by atomic mass is 32.2. The first kappa shape index (κ1) is 14.2. The van der Waals surface area contributed by atoms with E-state index in [0.717, 1.165) is 18.5 Å². The van der Waals surface area contributed by atoms with Crippen molar-refractivity contribution in [3.05, 3.63) is 36.3 Å². The Morgan fingerprint density at radius 2 is 2.14 bits per heavy atom. The molecule has 112 valence electrons. The van der Waals surface area contributed by atoms with Gasteiger partial charge in [-0.3, -0.25) is 4.57 Å². The van der Waals surface area contributed by atoms with Gasteiger partial charge < -0.3 is 0 Å². The first-order chi connectivity index (χ1) is 9.95. The minimum absolute atomic E-state index is 0.276. The summed E-state index contributed by atoms with van der Waals surface area (Å²) < 4.78 is 27.0. The van der Waals surface area contributed by atoms with Crippen LogP contribution in [0.3, 0.4) is 0 Å². The Morgan fingerprint density at radius 1 is 1.33 bits per heavy atom. The summed E-state index contributed by atoms with van der Waals surface area (Å²) in [5.41, 5.74) is 0.809. The Balaban J connectivity index is 2.03. The number of imidazole rings is 1. The number of aryl methyl sites for hydroxylation is 1. The molecule has 7 nitrogen and oxygen atoms in total. The van der Waals surface area contributed by atoms with E-state index in [9.17, 15) is 8.42 Å². The molecule has 0 radical (unpaired) electrons. The Morgan fingerprint density at radius 3 is 2.81 bits per heavy atom. The van der Waals surface area contributed by atoms with Crippen LogP contribution in [0.15, 0.2) is 24.8 Å². The molecule has 0 spiro atoms. The summed E-state index contributed by atoms with van der Waals surface area (Å²) in [5, 5.41) is 0. The Labute approximate surface area is 123 Å². The zero-order valence-electron chi connectivity index (χ0n) is 12.0. The molecule has 0 bridgehead atoms. The lowest BCUT2D eigenvalue weighted by Gasteiger charge is -2.21. The minimum atomic E-state index is -3.25. The molecule has 8 heteroatoms. The normalized spacial score (nSPS) is 20.0. The van der Waals surface area contributed by atoms with Crippen molar-refractivity contribution < 1.29 is 8.42 Å². The van der Waals surface area contributed by atoms with Gasteiger partial charge in [0.2, 0.25) is 10.0 Å². The van der Waals surface area contributed by atoms with Gasteiger partial charge in [0, 0.05) is 30.7 Å². The second kappa shape index (κ2) is 5.19. The first-order valence-corrected chi connectivity index (χ1v) is 8.61. The van der Waals surface area contributed by atoms with Gasteiger partial charge in [-0.15, -0.1) is 0 Å². The van der Waals surface area contributed by atoms with Crippen LogP contribution in [-0.2, 0) is 10.0 Å². The third-order valence-corrected chi connectivity index (χ3v) is 4.84. The molecule has 0 N–H and O–H groups in total. The van der Waals surface area contributed by atoms with Crippen molar-refractivity contribution in [1.82, 2.24) is 23.8 Å². The van der Waals surface area contributed by atoms with Crippen LogP contribution < -0.4 is 0 Å². The van der Waals surface area contributed by atoms with Gasteiger partial charge in [-0.05, 0) is 19.8 Å². The van der Waals surface area contributed by atoms with Crippen molar-refractivity contribution >= 4 is 10.0 Å². The average Bonchev–Trinajstić information content (AvgIpc) is 3.09. The third-order valence-electron chi connectivity index (χ3n) is 3.55. The van der Waals surface area contributed by atoms with Crippen LogP contribution in [0.4, 0.5) is 0 Å². The molecular weight excluding hydrogens is 290 g/mol. The highest BCUT2D eigenvalue weighted by Gasteiger charge is 2.34. The molecule has 2 aromatic rings. The lowest BCUT2D eigenvalue weighted by molar-refractivity contribution is 0.386. The molecule has 1 aliphatic heterocycles. The summed E-state index contributed by atoms with van der Waals surface area (Å²) >= 11 is 0. The Bertz CT molecular complexity index is 742. The maximum Gasteiger partial charge on any atom is 0.211 e. The number of hydrogen-bond acceptors (Lipinski definition) is 5. The van der Waals surface area contributed by atoms with E-state index in [2.05, 4.69) is 15.0 Å². The van der Waals surface area contributed by atoms with Gasteiger partial charge in [-0.25, -0.2) is 23.4 Å². The fraction of sp³-hybridized carbons (Fsp3) is 0.462. The van der Waals surface area contributed by atoms with Crippen molar-refractivity contribution in [2.24, 2.45) is 0 Å². The van der Waals surface area contributed by atoms with Crippen molar-refractivity contribution in [2.75, 3.05) is 12.8 Å². The second-order valence-electron chi connectivity index (χ2n) is 5.23. The van der Waals surface area contributed by atoms with E-state index in [1.807, 2.05) is 13.0 Å². The largest absolute Gasteiger partial charge is 0.290 e. The van der Waals surface area contributed by atoms with Gasteiger partial charge in [0.15, 0.2) is 0 Å². The molecular formula is C13H17N5O2S. The molecule has 1 atom stereocenters. The van der Waals surface area contributed by atoms with Crippen LogP contribution in [0.1, 0.15) is 30.4 Å². The molecule has 0 unspecified atom stereocenters. The van der Waals surface area contributed by atoms with Crippen LogP contribution in [0.25, 0.3) is 5.82 Å². The fourth-order valence-electron chi connectivity index (χ4n) is 2.65. The Hall–Kier alpha value is -1.80. The highest BCUT2D eigenvalue weighted by molar-refractivity contribution is 7.88. The molecule has 3 rings (SSSR count). The summed E-state index contributed by atoms with van der Waals surface area (Å²) in [7, 11) is -3.25. The first-order valence-electron chi connectivity index (χ1n) is 6.76. The molecule has 0 aromatic carbocycles.